The summed E-state index contributed by atoms with van der Waals surface area (Å²) in [4.78, 5) is 26.1. The van der Waals surface area contributed by atoms with Gasteiger partial charge in [-0.3, -0.25) is 9.59 Å². The lowest BCUT2D eigenvalue weighted by molar-refractivity contribution is -0.131. The molecule has 27 heavy (non-hydrogen) atoms. The normalized spacial score (nSPS) is 13.9. The third-order valence-electron chi connectivity index (χ3n) is 4.35. The zero-order valence-electron chi connectivity index (χ0n) is 15.6. The second-order valence-electron chi connectivity index (χ2n) is 5.89. The molecule has 0 bridgehead atoms. The van der Waals surface area contributed by atoms with Crippen LogP contribution in [0.1, 0.15) is 48.7 Å². The number of hydrogen-bond donors (Lipinski definition) is 1. The van der Waals surface area contributed by atoms with E-state index in [0.717, 1.165) is 12.8 Å². The van der Waals surface area contributed by atoms with Gasteiger partial charge in [-0.1, -0.05) is 13.8 Å². The SMILES string of the molecule is CC.N#Cc1ccc(C(=O)NCC(=O)N2CCC(n3cnnc3)CC2)cc1. The lowest BCUT2D eigenvalue weighted by atomic mass is 10.0. The van der Waals surface area contributed by atoms with Crippen molar-refractivity contribution in [3.63, 3.8) is 0 Å². The number of nitriles is 1. The van der Waals surface area contributed by atoms with Crippen LogP contribution in [0.15, 0.2) is 36.9 Å². The Labute approximate surface area is 158 Å². The van der Waals surface area contributed by atoms with E-state index < -0.39 is 0 Å². The van der Waals surface area contributed by atoms with Crippen molar-refractivity contribution in [2.75, 3.05) is 19.6 Å². The van der Waals surface area contributed by atoms with E-state index in [2.05, 4.69) is 15.5 Å². The van der Waals surface area contributed by atoms with Crippen molar-refractivity contribution < 1.29 is 9.59 Å². The summed E-state index contributed by atoms with van der Waals surface area (Å²) in [5, 5.41) is 19.0. The van der Waals surface area contributed by atoms with E-state index in [1.54, 1.807) is 41.8 Å². The fourth-order valence-corrected chi connectivity index (χ4v) is 2.88. The molecule has 1 aliphatic rings. The highest BCUT2D eigenvalue weighted by molar-refractivity contribution is 5.96. The molecule has 0 unspecified atom stereocenters. The average Bonchev–Trinajstić information content (AvgIpc) is 3.28. The van der Waals surface area contributed by atoms with Crippen LogP contribution >= 0.6 is 0 Å². The van der Waals surface area contributed by atoms with Crippen molar-refractivity contribution in [3.05, 3.63) is 48.0 Å². The molecule has 0 radical (unpaired) electrons. The van der Waals surface area contributed by atoms with E-state index in [1.807, 2.05) is 24.5 Å². The highest BCUT2D eigenvalue weighted by atomic mass is 16.2. The highest BCUT2D eigenvalue weighted by Crippen LogP contribution is 2.21. The van der Waals surface area contributed by atoms with E-state index in [1.165, 1.54) is 0 Å². The van der Waals surface area contributed by atoms with Gasteiger partial charge in [-0.15, -0.1) is 10.2 Å². The Morgan fingerprint density at radius 3 is 2.30 bits per heavy atom. The van der Waals surface area contributed by atoms with Gasteiger partial charge in [-0.05, 0) is 37.1 Å². The number of hydrogen-bond acceptors (Lipinski definition) is 5. The maximum atomic E-state index is 12.3. The summed E-state index contributed by atoms with van der Waals surface area (Å²) in [5.74, 6) is -0.415. The van der Waals surface area contributed by atoms with Crippen LogP contribution in [0.4, 0.5) is 0 Å². The lowest BCUT2D eigenvalue weighted by Crippen LogP contribution is -2.44. The average molecular weight is 368 g/mol. The number of amides is 2. The van der Waals surface area contributed by atoms with Gasteiger partial charge in [0, 0.05) is 24.7 Å². The molecule has 0 spiro atoms. The number of rotatable bonds is 4. The zero-order chi connectivity index (χ0) is 19.6. The molecule has 2 aromatic rings. The van der Waals surface area contributed by atoms with Crippen molar-refractivity contribution >= 4 is 11.8 Å². The Kier molecular flexibility index (Phi) is 7.49. The van der Waals surface area contributed by atoms with Gasteiger partial charge in [-0.25, -0.2) is 0 Å². The molecular formula is C19H24N6O2. The third-order valence-corrected chi connectivity index (χ3v) is 4.35. The monoisotopic (exact) mass is 368 g/mol. The summed E-state index contributed by atoms with van der Waals surface area (Å²) in [6.45, 7) is 5.26. The molecular weight excluding hydrogens is 344 g/mol. The molecule has 8 heteroatoms. The van der Waals surface area contributed by atoms with Crippen molar-refractivity contribution in [1.29, 1.82) is 5.26 Å². The second-order valence-corrected chi connectivity index (χ2v) is 5.89. The highest BCUT2D eigenvalue weighted by Gasteiger charge is 2.23. The van der Waals surface area contributed by atoms with Gasteiger partial charge in [0.1, 0.15) is 12.7 Å². The van der Waals surface area contributed by atoms with Gasteiger partial charge >= 0.3 is 0 Å². The predicted octanol–water partition coefficient (Wildman–Crippen LogP) is 1.77. The van der Waals surface area contributed by atoms with Gasteiger partial charge in [0.25, 0.3) is 5.91 Å². The molecule has 142 valence electrons. The van der Waals surface area contributed by atoms with Crippen LogP contribution in [-0.2, 0) is 4.79 Å². The first-order valence-corrected chi connectivity index (χ1v) is 9.07. The van der Waals surface area contributed by atoms with Crippen molar-refractivity contribution in [2.24, 2.45) is 0 Å². The number of likely N-dealkylation sites (tertiary alicyclic amines) is 1. The minimum absolute atomic E-state index is 0.0316. The summed E-state index contributed by atoms with van der Waals surface area (Å²) in [6, 6.07) is 8.61. The molecule has 1 fully saturated rings. The Morgan fingerprint density at radius 1 is 1.15 bits per heavy atom. The topological polar surface area (TPSA) is 104 Å². The molecule has 0 saturated carbocycles. The molecule has 3 rings (SSSR count). The van der Waals surface area contributed by atoms with E-state index in [0.29, 0.717) is 30.3 Å². The summed E-state index contributed by atoms with van der Waals surface area (Å²) < 4.78 is 1.97. The number of piperidine rings is 1. The Bertz CT molecular complexity index is 772. The quantitative estimate of drug-likeness (QED) is 0.886. The summed E-state index contributed by atoms with van der Waals surface area (Å²) in [7, 11) is 0. The van der Waals surface area contributed by atoms with Gasteiger partial charge in [0.2, 0.25) is 5.91 Å². The lowest BCUT2D eigenvalue weighted by Gasteiger charge is -2.32. The number of nitrogens with zero attached hydrogens (tertiary/aromatic N) is 5. The minimum Gasteiger partial charge on any atom is -0.343 e. The molecule has 8 nitrogen and oxygen atoms in total. The first-order chi connectivity index (χ1) is 13.2. The Morgan fingerprint density at radius 2 is 1.74 bits per heavy atom. The molecule has 1 aromatic heterocycles. The molecule has 1 aromatic carbocycles. The van der Waals surface area contributed by atoms with Crippen LogP contribution in [0.2, 0.25) is 0 Å². The van der Waals surface area contributed by atoms with Gasteiger partial charge in [0.15, 0.2) is 0 Å². The van der Waals surface area contributed by atoms with Gasteiger partial charge in [-0.2, -0.15) is 5.26 Å². The second kappa shape index (κ2) is 10.1. The van der Waals surface area contributed by atoms with Gasteiger partial charge in [0.05, 0.1) is 18.2 Å². The van der Waals surface area contributed by atoms with Crippen LogP contribution in [-0.4, -0.2) is 51.1 Å². The van der Waals surface area contributed by atoms with E-state index >= 15 is 0 Å². The summed E-state index contributed by atoms with van der Waals surface area (Å²) in [6.07, 6.45) is 5.07. The van der Waals surface area contributed by atoms with Crippen molar-refractivity contribution in [2.45, 2.75) is 32.7 Å². The van der Waals surface area contributed by atoms with Crippen LogP contribution < -0.4 is 5.32 Å². The summed E-state index contributed by atoms with van der Waals surface area (Å²) in [5.41, 5.74) is 0.918. The molecule has 0 atom stereocenters. The zero-order valence-corrected chi connectivity index (χ0v) is 15.6. The molecule has 1 aliphatic heterocycles. The molecule has 1 saturated heterocycles. The van der Waals surface area contributed by atoms with Crippen molar-refractivity contribution in [1.82, 2.24) is 25.0 Å². The van der Waals surface area contributed by atoms with Crippen LogP contribution in [0.3, 0.4) is 0 Å². The molecule has 1 N–H and O–H groups in total. The standard InChI is InChI=1S/C17H18N6O2.C2H6/c18-9-13-1-3-14(4-2-13)17(25)19-10-16(24)22-7-5-15(6-8-22)23-11-20-21-12-23;1-2/h1-4,11-12,15H,5-8,10H2,(H,19,25);1-2H3. The Balaban J connectivity index is 0.00000126. The number of benzene rings is 1. The Hall–Kier alpha value is -3.21. The molecule has 2 amide bonds. The predicted molar refractivity (Wildman–Crippen MR) is 99.7 cm³/mol. The fourth-order valence-electron chi connectivity index (χ4n) is 2.88. The van der Waals surface area contributed by atoms with Crippen molar-refractivity contribution in [3.8, 4) is 6.07 Å². The van der Waals surface area contributed by atoms with Crippen LogP contribution in [0.25, 0.3) is 0 Å². The number of aromatic nitrogens is 3. The summed E-state index contributed by atoms with van der Waals surface area (Å²) >= 11 is 0. The van der Waals surface area contributed by atoms with E-state index in [4.69, 9.17) is 5.26 Å². The largest absolute Gasteiger partial charge is 0.343 e. The van der Waals surface area contributed by atoms with Gasteiger partial charge < -0.3 is 14.8 Å². The first kappa shape index (κ1) is 20.1. The molecule has 0 aliphatic carbocycles. The van der Waals surface area contributed by atoms with E-state index in [9.17, 15) is 9.59 Å². The smallest absolute Gasteiger partial charge is 0.251 e. The minimum atomic E-state index is -0.322. The molecule has 2 heterocycles. The number of carbonyl (C=O) groups excluding carboxylic acids is 2. The number of carbonyl (C=O) groups is 2. The maximum Gasteiger partial charge on any atom is 0.251 e. The first-order valence-electron chi connectivity index (χ1n) is 9.07. The third kappa shape index (κ3) is 5.38. The number of nitrogens with one attached hydrogen (secondary N) is 1. The maximum absolute atomic E-state index is 12.3. The fraction of sp³-hybridized carbons (Fsp3) is 0.421. The van der Waals surface area contributed by atoms with Crippen LogP contribution in [0, 0.1) is 11.3 Å². The van der Waals surface area contributed by atoms with E-state index in [-0.39, 0.29) is 18.4 Å². The van der Waals surface area contributed by atoms with Crippen LogP contribution in [0.5, 0.6) is 0 Å².